The topological polar surface area (TPSA) is 56.2 Å². The number of aryl methyl sites for hydroxylation is 2. The van der Waals surface area contributed by atoms with Gasteiger partial charge in [-0.25, -0.2) is 0 Å². The Balaban J connectivity index is 2.06. The van der Waals surface area contributed by atoms with Crippen molar-refractivity contribution in [2.24, 2.45) is 7.05 Å². The summed E-state index contributed by atoms with van der Waals surface area (Å²) in [5.41, 5.74) is 2.05. The Kier molecular flexibility index (Phi) is 5.23. The number of nitrogens with zero attached hydrogens (tertiary/aromatic N) is 2. The first-order chi connectivity index (χ1) is 12.2. The van der Waals surface area contributed by atoms with Gasteiger partial charge in [0.05, 0.1) is 32.2 Å². The number of halogens is 4. The molecule has 0 atom stereocenters. The lowest BCUT2D eigenvalue weighted by Gasteiger charge is -2.07. The predicted molar refractivity (Wildman–Crippen MR) is 102 cm³/mol. The Morgan fingerprint density at radius 1 is 1.42 bits per heavy atom. The van der Waals surface area contributed by atoms with Gasteiger partial charge in [-0.1, -0.05) is 11.6 Å². The highest BCUT2D eigenvalue weighted by Gasteiger charge is 2.24. The number of fused-ring (bicyclic) bond motifs is 1. The van der Waals surface area contributed by atoms with Crippen LogP contribution >= 0.6 is 38.9 Å². The van der Waals surface area contributed by atoms with Gasteiger partial charge in [0.1, 0.15) is 10.6 Å². The lowest BCUT2D eigenvalue weighted by molar-refractivity contribution is -0.0487. The molecule has 0 unspecified atom stereocenters. The van der Waals surface area contributed by atoms with E-state index in [1.54, 1.807) is 24.7 Å². The van der Waals surface area contributed by atoms with Gasteiger partial charge in [-0.15, -0.1) is 11.3 Å². The van der Waals surface area contributed by atoms with Crippen LogP contribution in [0.4, 0.5) is 14.5 Å². The number of alkyl halides is 2. The molecule has 26 heavy (non-hydrogen) atoms. The molecule has 1 amide bonds. The highest BCUT2D eigenvalue weighted by molar-refractivity contribution is 9.10. The zero-order valence-electron chi connectivity index (χ0n) is 13.9. The SMILES string of the molecule is Cc1nn(C)c(C)c1NC(=O)c1sc2c(Br)ccc(OC(F)F)c2c1Cl. The Hall–Kier alpha value is -1.71. The van der Waals surface area contributed by atoms with Gasteiger partial charge >= 0.3 is 6.61 Å². The Morgan fingerprint density at radius 2 is 2.12 bits per heavy atom. The molecule has 0 saturated heterocycles. The zero-order chi connectivity index (χ0) is 19.2. The van der Waals surface area contributed by atoms with E-state index >= 15 is 0 Å². The summed E-state index contributed by atoms with van der Waals surface area (Å²) in [6, 6.07) is 2.96. The van der Waals surface area contributed by atoms with E-state index in [2.05, 4.69) is 31.1 Å². The number of rotatable bonds is 4. The molecule has 10 heteroatoms. The standard InChI is InChI=1S/C16H13BrClF2N3O2S/c1-6-12(7(2)23(3)22-6)21-15(24)14-11(18)10-9(25-16(19)20)5-4-8(17)13(10)26-14/h4-5,16H,1-3H3,(H,21,24). The molecule has 0 radical (unpaired) electrons. The predicted octanol–water partition coefficient (Wildman–Crippen LogP) is 5.52. The average molecular weight is 465 g/mol. The molecule has 0 saturated carbocycles. The van der Waals surface area contributed by atoms with E-state index in [-0.39, 0.29) is 21.0 Å². The van der Waals surface area contributed by atoms with Crippen molar-refractivity contribution in [3.05, 3.63) is 37.9 Å². The van der Waals surface area contributed by atoms with Gasteiger partial charge in [-0.3, -0.25) is 9.48 Å². The van der Waals surface area contributed by atoms with E-state index in [9.17, 15) is 13.6 Å². The molecule has 0 aliphatic rings. The smallest absolute Gasteiger partial charge is 0.387 e. The number of carbonyl (C=O) groups excluding carboxylic acids is 1. The summed E-state index contributed by atoms with van der Waals surface area (Å²) in [6.45, 7) is 0.612. The molecular formula is C16H13BrClF2N3O2S. The summed E-state index contributed by atoms with van der Waals surface area (Å²) in [5.74, 6) is -0.516. The molecule has 0 bridgehead atoms. The van der Waals surface area contributed by atoms with Crippen LogP contribution in [0, 0.1) is 13.8 Å². The lowest BCUT2D eigenvalue weighted by atomic mass is 10.2. The maximum absolute atomic E-state index is 12.7. The Labute approximate surface area is 165 Å². The minimum absolute atomic E-state index is 0.0682. The number of anilines is 1. The van der Waals surface area contributed by atoms with E-state index in [1.807, 2.05) is 6.92 Å². The summed E-state index contributed by atoms with van der Waals surface area (Å²) in [5, 5.41) is 7.38. The number of hydrogen-bond acceptors (Lipinski definition) is 4. The highest BCUT2D eigenvalue weighted by atomic mass is 79.9. The van der Waals surface area contributed by atoms with E-state index in [1.165, 1.54) is 6.07 Å². The fraction of sp³-hybridized carbons (Fsp3) is 0.250. The summed E-state index contributed by atoms with van der Waals surface area (Å²) in [7, 11) is 1.77. The van der Waals surface area contributed by atoms with E-state index in [0.29, 0.717) is 20.6 Å². The molecular weight excluding hydrogens is 452 g/mol. The third-order valence-electron chi connectivity index (χ3n) is 3.86. The van der Waals surface area contributed by atoms with Gasteiger partial charge in [0, 0.05) is 11.5 Å². The van der Waals surface area contributed by atoms with Crippen LogP contribution in [0.5, 0.6) is 5.75 Å². The third-order valence-corrected chi connectivity index (χ3v) is 6.50. The maximum Gasteiger partial charge on any atom is 0.387 e. The summed E-state index contributed by atoms with van der Waals surface area (Å²) in [4.78, 5) is 12.9. The molecule has 2 heterocycles. The molecule has 0 fully saturated rings. The van der Waals surface area contributed by atoms with Gasteiger partial charge in [-0.05, 0) is 41.9 Å². The van der Waals surface area contributed by atoms with Gasteiger partial charge in [0.2, 0.25) is 0 Å². The van der Waals surface area contributed by atoms with Crippen LogP contribution in [0.1, 0.15) is 21.1 Å². The largest absolute Gasteiger partial charge is 0.434 e. The second-order valence-corrected chi connectivity index (χ2v) is 7.75. The number of amides is 1. The van der Waals surface area contributed by atoms with Gasteiger partial charge < -0.3 is 10.1 Å². The van der Waals surface area contributed by atoms with Gasteiger partial charge in [0.15, 0.2) is 0 Å². The Morgan fingerprint density at radius 3 is 2.69 bits per heavy atom. The number of carbonyl (C=O) groups is 1. The molecule has 0 aliphatic carbocycles. The van der Waals surface area contributed by atoms with Crippen molar-refractivity contribution in [3.63, 3.8) is 0 Å². The molecule has 3 rings (SSSR count). The first-order valence-electron chi connectivity index (χ1n) is 7.37. The molecule has 0 spiro atoms. The van der Waals surface area contributed by atoms with E-state index in [0.717, 1.165) is 17.0 Å². The van der Waals surface area contributed by atoms with Crippen molar-refractivity contribution in [1.29, 1.82) is 0 Å². The monoisotopic (exact) mass is 463 g/mol. The second kappa shape index (κ2) is 7.13. The first-order valence-corrected chi connectivity index (χ1v) is 9.36. The molecule has 0 aliphatic heterocycles. The van der Waals surface area contributed by atoms with Crippen molar-refractivity contribution >= 4 is 60.5 Å². The van der Waals surface area contributed by atoms with E-state index in [4.69, 9.17) is 11.6 Å². The van der Waals surface area contributed by atoms with Crippen LogP contribution in [0.25, 0.3) is 10.1 Å². The highest BCUT2D eigenvalue weighted by Crippen LogP contribution is 2.45. The second-order valence-electron chi connectivity index (χ2n) is 5.50. The first kappa shape index (κ1) is 19.1. The summed E-state index contributed by atoms with van der Waals surface area (Å²) >= 11 is 10.8. The minimum atomic E-state index is -2.99. The Bertz CT molecular complexity index is 1020. The van der Waals surface area contributed by atoms with Crippen LogP contribution in [-0.2, 0) is 7.05 Å². The number of ether oxygens (including phenoxy) is 1. The molecule has 1 aromatic carbocycles. The zero-order valence-corrected chi connectivity index (χ0v) is 17.0. The maximum atomic E-state index is 12.7. The van der Waals surface area contributed by atoms with Crippen LogP contribution < -0.4 is 10.1 Å². The van der Waals surface area contributed by atoms with E-state index < -0.39 is 12.5 Å². The molecule has 1 N–H and O–H groups in total. The average Bonchev–Trinajstić information content (AvgIpc) is 3.03. The third kappa shape index (κ3) is 3.30. The van der Waals surface area contributed by atoms with Crippen molar-refractivity contribution in [2.45, 2.75) is 20.5 Å². The number of hydrogen-bond donors (Lipinski definition) is 1. The van der Waals surface area contributed by atoms with Gasteiger partial charge in [-0.2, -0.15) is 13.9 Å². The van der Waals surface area contributed by atoms with Crippen LogP contribution in [-0.4, -0.2) is 22.3 Å². The molecule has 138 valence electrons. The minimum Gasteiger partial charge on any atom is -0.434 e. The summed E-state index contributed by atoms with van der Waals surface area (Å²) in [6.07, 6.45) is 0. The van der Waals surface area contributed by atoms with Gasteiger partial charge in [0.25, 0.3) is 5.91 Å². The normalized spacial score (nSPS) is 11.4. The molecule has 2 aromatic heterocycles. The fourth-order valence-corrected chi connectivity index (χ4v) is 4.60. The van der Waals surface area contributed by atoms with Crippen molar-refractivity contribution in [3.8, 4) is 5.75 Å². The number of thiophene rings is 1. The molecule has 5 nitrogen and oxygen atoms in total. The lowest BCUT2D eigenvalue weighted by Crippen LogP contribution is -2.12. The summed E-state index contributed by atoms with van der Waals surface area (Å²) < 4.78 is 32.7. The fourth-order valence-electron chi connectivity index (χ4n) is 2.57. The number of nitrogens with one attached hydrogen (secondary N) is 1. The number of aromatic nitrogens is 2. The van der Waals surface area contributed by atoms with Crippen molar-refractivity contribution in [2.75, 3.05) is 5.32 Å². The number of benzene rings is 1. The van der Waals surface area contributed by atoms with Crippen LogP contribution in [0.2, 0.25) is 5.02 Å². The van der Waals surface area contributed by atoms with Crippen LogP contribution in [0.15, 0.2) is 16.6 Å². The quantitative estimate of drug-likeness (QED) is 0.553. The van der Waals surface area contributed by atoms with Crippen molar-refractivity contribution < 1.29 is 18.3 Å². The van der Waals surface area contributed by atoms with Crippen molar-refractivity contribution in [1.82, 2.24) is 9.78 Å². The molecule has 3 aromatic rings. The van der Waals surface area contributed by atoms with Crippen LogP contribution in [0.3, 0.4) is 0 Å².